The van der Waals surface area contributed by atoms with Crippen LogP contribution in [0.2, 0.25) is 29.6 Å². The summed E-state index contributed by atoms with van der Waals surface area (Å²) in [4.78, 5) is 15.2. The molecule has 0 rings (SSSR count). The number of allylic oxidation sites excluding steroid dienone is 1. The number of hydrogen-bond donors (Lipinski definition) is 0. The first kappa shape index (κ1) is 20.1. The van der Waals surface area contributed by atoms with Crippen molar-refractivity contribution < 1.29 is 4.74 Å². The molecule has 0 bridgehead atoms. The van der Waals surface area contributed by atoms with Crippen LogP contribution >= 0.6 is 0 Å². The van der Waals surface area contributed by atoms with Crippen molar-refractivity contribution >= 4 is 36.8 Å². The molecule has 0 saturated carbocycles. The zero-order valence-corrected chi connectivity index (χ0v) is 20.4. The molecule has 0 aromatic carbocycles. The van der Waals surface area contributed by atoms with Gasteiger partial charge in [-0.3, -0.25) is 0 Å². The predicted octanol–water partition coefficient (Wildman–Crippen LogP) is 6.00. The second-order valence-electron chi connectivity index (χ2n) is 7.55. The molecule has 19 heavy (non-hydrogen) atoms. The zero-order chi connectivity index (χ0) is 15.1. The van der Waals surface area contributed by atoms with E-state index in [1.807, 2.05) is 3.59 Å². The third-order valence-electron chi connectivity index (χ3n) is 3.43. The third-order valence-corrected chi connectivity index (χ3v) is 17.2. The van der Waals surface area contributed by atoms with E-state index in [1.165, 1.54) is 35.9 Å². The Balaban J connectivity index is 5.16. The van der Waals surface area contributed by atoms with Crippen LogP contribution in [0.25, 0.3) is 0 Å². The molecule has 0 N–H and O–H groups in total. The van der Waals surface area contributed by atoms with E-state index in [0.717, 1.165) is 6.61 Å². The van der Waals surface area contributed by atoms with E-state index in [2.05, 4.69) is 43.5 Å². The van der Waals surface area contributed by atoms with Gasteiger partial charge >= 0.3 is 131 Å². The van der Waals surface area contributed by atoms with Gasteiger partial charge < -0.3 is 0 Å². The van der Waals surface area contributed by atoms with Gasteiger partial charge in [-0.05, 0) is 0 Å². The summed E-state index contributed by atoms with van der Waals surface area (Å²) >= 11 is -4.12. The SMILES string of the molecule is CCCCCC/[C](=[C](\OCC)[Sn]([CH3])([CH3])[CH3])[Sn]([CH3])([CH3])[CH3]. The Kier molecular flexibility index (Phi) is 9.77. The van der Waals surface area contributed by atoms with Crippen LogP contribution in [0, 0.1) is 0 Å². The second kappa shape index (κ2) is 9.22. The Labute approximate surface area is 130 Å². The molecule has 0 fully saturated rings. The Morgan fingerprint density at radius 3 is 1.74 bits per heavy atom. The van der Waals surface area contributed by atoms with E-state index in [4.69, 9.17) is 4.74 Å². The monoisotopic (exact) mass is 484 g/mol. The van der Waals surface area contributed by atoms with Gasteiger partial charge in [-0.15, -0.1) is 0 Å². The van der Waals surface area contributed by atoms with Crippen molar-refractivity contribution in [1.82, 2.24) is 0 Å². The molecule has 0 aliphatic carbocycles. The maximum absolute atomic E-state index is 6.18. The number of rotatable bonds is 9. The first-order chi connectivity index (χ1) is 8.64. The molecule has 0 aromatic rings. The van der Waals surface area contributed by atoms with Crippen LogP contribution in [0.15, 0.2) is 7.36 Å². The standard InChI is InChI=1S/C10H18O.6CH3.2Sn/c1-3-5-6-7-8-9-10-11-4-2;;;;;;;;/h3-8H2,1-2H3;6*1H3;;. The minimum atomic E-state index is -2.10. The van der Waals surface area contributed by atoms with Crippen molar-refractivity contribution in [2.75, 3.05) is 6.61 Å². The van der Waals surface area contributed by atoms with Crippen molar-refractivity contribution in [1.29, 1.82) is 0 Å². The van der Waals surface area contributed by atoms with Crippen LogP contribution in [0.1, 0.15) is 46.0 Å². The quantitative estimate of drug-likeness (QED) is 0.223. The molecule has 0 aromatic heterocycles. The fourth-order valence-electron chi connectivity index (χ4n) is 2.46. The molecule has 0 amide bonds. The second-order valence-corrected chi connectivity index (χ2v) is 36.3. The van der Waals surface area contributed by atoms with Crippen LogP contribution in [-0.2, 0) is 4.74 Å². The molecule has 114 valence electrons. The molecule has 0 atom stereocenters. The fraction of sp³-hybridized carbons (Fsp3) is 0.875. The number of unbranched alkanes of at least 4 members (excludes halogenated alkanes) is 3. The normalized spacial score (nSPS) is 14.3. The zero-order valence-electron chi connectivity index (χ0n) is 14.7. The summed E-state index contributed by atoms with van der Waals surface area (Å²) in [5.74, 6) is 0. The van der Waals surface area contributed by atoms with E-state index in [0.29, 0.717) is 0 Å². The number of hydrogen-bond acceptors (Lipinski definition) is 1. The van der Waals surface area contributed by atoms with E-state index in [9.17, 15) is 0 Å². The van der Waals surface area contributed by atoms with Crippen LogP contribution in [0.3, 0.4) is 0 Å². The summed E-state index contributed by atoms with van der Waals surface area (Å²) in [7, 11) is 0. The van der Waals surface area contributed by atoms with Crippen LogP contribution < -0.4 is 0 Å². The van der Waals surface area contributed by atoms with Crippen molar-refractivity contribution in [2.24, 2.45) is 0 Å². The third kappa shape index (κ3) is 8.23. The Morgan fingerprint density at radius 1 is 0.789 bits per heavy atom. The van der Waals surface area contributed by atoms with Crippen molar-refractivity contribution in [3.63, 3.8) is 0 Å². The predicted molar refractivity (Wildman–Crippen MR) is 94.1 cm³/mol. The minimum absolute atomic E-state index is 0.851. The summed E-state index contributed by atoms with van der Waals surface area (Å²) in [5.41, 5.74) is 0. The van der Waals surface area contributed by atoms with E-state index in [-0.39, 0.29) is 0 Å². The summed E-state index contributed by atoms with van der Waals surface area (Å²) in [6, 6.07) is 0. The number of ether oxygens (including phenoxy) is 1. The molecule has 3 heteroatoms. The molecule has 0 spiro atoms. The molecule has 0 radical (unpaired) electrons. The van der Waals surface area contributed by atoms with Crippen molar-refractivity contribution in [3.8, 4) is 0 Å². The van der Waals surface area contributed by atoms with E-state index >= 15 is 0 Å². The average Bonchev–Trinajstić information content (AvgIpc) is 2.24. The maximum atomic E-state index is 6.18. The first-order valence-corrected chi connectivity index (χ1v) is 28.0. The summed E-state index contributed by atoms with van der Waals surface area (Å²) in [5, 5.41) is 0. The van der Waals surface area contributed by atoms with E-state index < -0.39 is 36.8 Å². The Morgan fingerprint density at radius 2 is 1.37 bits per heavy atom. The summed E-state index contributed by atoms with van der Waals surface area (Å²) in [6.45, 7) is 5.28. The summed E-state index contributed by atoms with van der Waals surface area (Å²) in [6.07, 6.45) is 6.80. The molecule has 0 aliphatic rings. The molecule has 0 aliphatic heterocycles. The van der Waals surface area contributed by atoms with E-state index in [1.54, 1.807) is 0 Å². The Hall–Kier alpha value is 1.14. The van der Waals surface area contributed by atoms with Crippen molar-refractivity contribution in [3.05, 3.63) is 7.36 Å². The Bertz CT molecular complexity index is 282. The van der Waals surface area contributed by atoms with Gasteiger partial charge in [0.05, 0.1) is 0 Å². The molecular formula is C16H36OSn2. The molecule has 0 saturated heterocycles. The topological polar surface area (TPSA) is 9.23 Å². The van der Waals surface area contributed by atoms with Gasteiger partial charge in [-0.25, -0.2) is 0 Å². The van der Waals surface area contributed by atoms with Crippen LogP contribution in [-0.4, -0.2) is 43.4 Å². The van der Waals surface area contributed by atoms with Gasteiger partial charge in [0.25, 0.3) is 0 Å². The van der Waals surface area contributed by atoms with Gasteiger partial charge in [0.1, 0.15) is 0 Å². The van der Waals surface area contributed by atoms with Gasteiger partial charge in [-0.2, -0.15) is 0 Å². The first-order valence-electron chi connectivity index (χ1n) is 8.01. The van der Waals surface area contributed by atoms with Gasteiger partial charge in [-0.1, -0.05) is 0 Å². The molecular weight excluding hydrogens is 446 g/mol. The van der Waals surface area contributed by atoms with Crippen LogP contribution in [0.5, 0.6) is 0 Å². The molecule has 0 unspecified atom stereocenters. The fourth-order valence-corrected chi connectivity index (χ4v) is 26.2. The molecule has 0 heterocycles. The van der Waals surface area contributed by atoms with Gasteiger partial charge in [0.2, 0.25) is 0 Å². The van der Waals surface area contributed by atoms with Gasteiger partial charge in [0, 0.05) is 0 Å². The average molecular weight is 482 g/mol. The summed E-state index contributed by atoms with van der Waals surface area (Å²) < 4.78 is 9.52. The molecule has 1 nitrogen and oxygen atoms in total. The van der Waals surface area contributed by atoms with Crippen molar-refractivity contribution in [2.45, 2.75) is 75.6 Å². The van der Waals surface area contributed by atoms with Crippen LogP contribution in [0.4, 0.5) is 0 Å². The van der Waals surface area contributed by atoms with Gasteiger partial charge in [0.15, 0.2) is 0 Å².